The summed E-state index contributed by atoms with van der Waals surface area (Å²) in [5, 5.41) is 15.6. The van der Waals surface area contributed by atoms with Crippen LogP contribution >= 0.6 is 0 Å². The van der Waals surface area contributed by atoms with Gasteiger partial charge in [0, 0.05) is 7.05 Å². The molecule has 0 radical (unpaired) electrons. The van der Waals surface area contributed by atoms with Crippen LogP contribution in [0.5, 0.6) is 5.75 Å². The lowest BCUT2D eigenvalue weighted by Crippen LogP contribution is -2.27. The zero-order valence-electron chi connectivity index (χ0n) is 12.0. The van der Waals surface area contributed by atoms with E-state index in [4.69, 9.17) is 4.74 Å². The van der Waals surface area contributed by atoms with Crippen LogP contribution in [0.15, 0.2) is 29.2 Å². The molecule has 7 nitrogen and oxygen atoms in total. The smallest absolute Gasteiger partial charge is 0.267 e. The Kier molecular flexibility index (Phi) is 4.19. The number of benzene rings is 1. The van der Waals surface area contributed by atoms with E-state index in [1.54, 1.807) is 31.2 Å². The van der Waals surface area contributed by atoms with Crippen molar-refractivity contribution in [3.05, 3.63) is 35.7 Å². The van der Waals surface area contributed by atoms with Crippen molar-refractivity contribution in [1.82, 2.24) is 10.2 Å². The number of nitrogens with one attached hydrogen (secondary N) is 1. The second kappa shape index (κ2) is 5.74. The first-order chi connectivity index (χ1) is 9.91. The van der Waals surface area contributed by atoms with E-state index in [-0.39, 0.29) is 10.6 Å². The zero-order valence-corrected chi connectivity index (χ0v) is 12.8. The Bertz CT molecular complexity index is 722. The summed E-state index contributed by atoms with van der Waals surface area (Å²) in [7, 11) is -0.814. The van der Waals surface area contributed by atoms with E-state index in [0.717, 1.165) is 4.31 Å². The number of ether oxygens (including phenoxy) is 1. The highest BCUT2D eigenvalue weighted by Crippen LogP contribution is 2.27. The fraction of sp³-hybridized carbons (Fsp3) is 0.308. The molecule has 2 aromatic rings. The number of sulfonamides is 1. The minimum atomic E-state index is -3.80. The maximum atomic E-state index is 12.7. The molecule has 114 valence electrons. The number of H-pyrrole nitrogens is 1. The Labute approximate surface area is 123 Å². The molecule has 21 heavy (non-hydrogen) atoms. The number of methoxy groups -OCH3 is 1. The fourth-order valence-corrected chi connectivity index (χ4v) is 3.50. The van der Waals surface area contributed by atoms with Crippen LogP contribution in [0.1, 0.15) is 11.4 Å². The summed E-state index contributed by atoms with van der Waals surface area (Å²) in [5.74, 6) is 0.639. The van der Waals surface area contributed by atoms with Gasteiger partial charge in [0.15, 0.2) is 0 Å². The quantitative estimate of drug-likeness (QED) is 0.860. The van der Waals surface area contributed by atoms with Gasteiger partial charge in [-0.3, -0.25) is 9.40 Å². The third-order valence-corrected chi connectivity index (χ3v) is 5.16. The molecule has 0 atom stereocenters. The van der Waals surface area contributed by atoms with Crippen LogP contribution in [-0.4, -0.2) is 37.9 Å². The van der Waals surface area contributed by atoms with Gasteiger partial charge in [-0.2, -0.15) is 5.10 Å². The topological polar surface area (TPSA) is 95.5 Å². The van der Waals surface area contributed by atoms with E-state index in [2.05, 4.69) is 10.2 Å². The third kappa shape index (κ3) is 2.72. The molecule has 0 saturated heterocycles. The molecule has 1 heterocycles. The van der Waals surface area contributed by atoms with E-state index < -0.39 is 16.6 Å². The molecule has 1 aromatic heterocycles. The summed E-state index contributed by atoms with van der Waals surface area (Å²) in [5.41, 5.74) is 0.979. The zero-order chi connectivity index (χ0) is 15.6. The van der Waals surface area contributed by atoms with Gasteiger partial charge in [-0.1, -0.05) is 0 Å². The van der Waals surface area contributed by atoms with Crippen molar-refractivity contribution in [1.29, 1.82) is 0 Å². The number of aliphatic hydroxyl groups is 1. The molecule has 0 unspecified atom stereocenters. The Morgan fingerprint density at radius 1 is 1.33 bits per heavy atom. The number of anilines is 1. The highest BCUT2D eigenvalue weighted by atomic mass is 32.2. The van der Waals surface area contributed by atoms with Gasteiger partial charge in [0.05, 0.1) is 25.1 Å². The highest BCUT2D eigenvalue weighted by molar-refractivity contribution is 7.92. The van der Waals surface area contributed by atoms with E-state index in [1.165, 1.54) is 14.2 Å². The average molecular weight is 311 g/mol. The van der Waals surface area contributed by atoms with Gasteiger partial charge in [-0.05, 0) is 31.2 Å². The van der Waals surface area contributed by atoms with Crippen molar-refractivity contribution in [2.24, 2.45) is 0 Å². The molecule has 0 aliphatic carbocycles. The van der Waals surface area contributed by atoms with Gasteiger partial charge < -0.3 is 9.84 Å². The number of hydrogen-bond donors (Lipinski definition) is 2. The second-order valence-corrected chi connectivity index (χ2v) is 6.36. The van der Waals surface area contributed by atoms with Crippen molar-refractivity contribution in [2.75, 3.05) is 18.5 Å². The normalized spacial score (nSPS) is 11.4. The summed E-state index contributed by atoms with van der Waals surface area (Å²) in [6.07, 6.45) is 0. The lowest BCUT2D eigenvalue weighted by atomic mass is 10.3. The molecule has 0 spiro atoms. The SMILES string of the molecule is COc1ccc(N(C)S(=O)(=O)c2c(CO)n[nH]c2C)cc1. The summed E-state index contributed by atoms with van der Waals surface area (Å²) in [6, 6.07) is 6.64. The molecule has 0 amide bonds. The molecule has 8 heteroatoms. The van der Waals surface area contributed by atoms with Crippen LogP contribution in [0, 0.1) is 6.92 Å². The predicted octanol–water partition coefficient (Wildman–Crippen LogP) is 1.04. The number of aliphatic hydroxyl groups excluding tert-OH is 1. The number of nitrogens with zero attached hydrogens (tertiary/aromatic N) is 2. The van der Waals surface area contributed by atoms with Gasteiger partial charge in [0.2, 0.25) is 0 Å². The van der Waals surface area contributed by atoms with Crippen LogP contribution in [0.2, 0.25) is 0 Å². The third-order valence-electron chi connectivity index (χ3n) is 3.17. The first-order valence-corrected chi connectivity index (χ1v) is 7.63. The number of aromatic amines is 1. The Morgan fingerprint density at radius 2 is 1.95 bits per heavy atom. The van der Waals surface area contributed by atoms with Crippen molar-refractivity contribution >= 4 is 15.7 Å². The number of aromatic nitrogens is 2. The summed E-state index contributed by atoms with van der Waals surface area (Å²) in [6.45, 7) is 1.15. The number of rotatable bonds is 5. The van der Waals surface area contributed by atoms with E-state index in [9.17, 15) is 13.5 Å². The standard InChI is InChI=1S/C13H17N3O4S/c1-9-13(12(8-17)15-14-9)21(18,19)16(2)10-4-6-11(20-3)7-5-10/h4-7,17H,8H2,1-3H3,(H,14,15). The van der Waals surface area contributed by atoms with Crippen LogP contribution in [0.3, 0.4) is 0 Å². The molecule has 2 N–H and O–H groups in total. The molecule has 0 bridgehead atoms. The molecule has 2 rings (SSSR count). The van der Waals surface area contributed by atoms with Crippen molar-refractivity contribution < 1.29 is 18.3 Å². The number of hydrogen-bond acceptors (Lipinski definition) is 5. The lowest BCUT2D eigenvalue weighted by molar-refractivity contribution is 0.273. The van der Waals surface area contributed by atoms with Gasteiger partial charge in [-0.25, -0.2) is 8.42 Å². The van der Waals surface area contributed by atoms with Crippen LogP contribution in [0.4, 0.5) is 5.69 Å². The summed E-state index contributed by atoms with van der Waals surface area (Å²) >= 11 is 0. The Hall–Kier alpha value is -2.06. The largest absolute Gasteiger partial charge is 0.497 e. The summed E-state index contributed by atoms with van der Waals surface area (Å²) < 4.78 is 31.5. The second-order valence-electron chi connectivity index (χ2n) is 4.45. The molecule has 1 aromatic carbocycles. The minimum Gasteiger partial charge on any atom is -0.497 e. The molecule has 0 saturated carbocycles. The first-order valence-electron chi connectivity index (χ1n) is 6.19. The minimum absolute atomic E-state index is 0.00307. The molecular formula is C13H17N3O4S. The van der Waals surface area contributed by atoms with Gasteiger partial charge in [-0.15, -0.1) is 0 Å². The summed E-state index contributed by atoms with van der Waals surface area (Å²) in [4.78, 5) is 0.00307. The number of aryl methyl sites for hydroxylation is 1. The van der Waals surface area contributed by atoms with Crippen LogP contribution in [0.25, 0.3) is 0 Å². The highest BCUT2D eigenvalue weighted by Gasteiger charge is 2.28. The van der Waals surface area contributed by atoms with Crippen LogP contribution in [-0.2, 0) is 16.6 Å². The van der Waals surface area contributed by atoms with E-state index in [0.29, 0.717) is 17.1 Å². The lowest BCUT2D eigenvalue weighted by Gasteiger charge is -2.20. The van der Waals surface area contributed by atoms with Gasteiger partial charge in [0.25, 0.3) is 10.0 Å². The predicted molar refractivity (Wildman–Crippen MR) is 77.8 cm³/mol. The molecule has 0 aliphatic heterocycles. The van der Waals surface area contributed by atoms with Crippen LogP contribution < -0.4 is 9.04 Å². The molecular weight excluding hydrogens is 294 g/mol. The van der Waals surface area contributed by atoms with Gasteiger partial charge >= 0.3 is 0 Å². The first kappa shape index (κ1) is 15.3. The van der Waals surface area contributed by atoms with Crippen molar-refractivity contribution in [3.63, 3.8) is 0 Å². The van der Waals surface area contributed by atoms with Gasteiger partial charge in [0.1, 0.15) is 16.3 Å². The molecule has 0 aliphatic rings. The van der Waals surface area contributed by atoms with Crippen molar-refractivity contribution in [3.8, 4) is 5.75 Å². The van der Waals surface area contributed by atoms with E-state index in [1.807, 2.05) is 0 Å². The Morgan fingerprint density at radius 3 is 2.48 bits per heavy atom. The Balaban J connectivity index is 2.44. The maximum absolute atomic E-state index is 12.7. The monoisotopic (exact) mass is 311 g/mol. The van der Waals surface area contributed by atoms with Crippen molar-refractivity contribution in [2.45, 2.75) is 18.4 Å². The molecule has 0 fully saturated rings. The maximum Gasteiger partial charge on any atom is 0.267 e. The average Bonchev–Trinajstić information content (AvgIpc) is 2.88. The fourth-order valence-electron chi connectivity index (χ4n) is 1.99. The van der Waals surface area contributed by atoms with E-state index >= 15 is 0 Å².